The number of nitrogens with zero attached hydrogens (tertiary/aromatic N) is 1. The average molecular weight is 167 g/mol. The minimum atomic E-state index is 0.0910. The van der Waals surface area contributed by atoms with Crippen LogP contribution in [0.2, 0.25) is 0 Å². The van der Waals surface area contributed by atoms with Crippen molar-refractivity contribution < 1.29 is 4.79 Å². The van der Waals surface area contributed by atoms with Crippen molar-refractivity contribution in [2.75, 3.05) is 0 Å². The molecule has 0 unspecified atom stereocenters. The second-order valence-corrected chi connectivity index (χ2v) is 3.04. The summed E-state index contributed by atoms with van der Waals surface area (Å²) < 4.78 is 0. The molecule has 0 aromatic heterocycles. The Labute approximate surface area is 74.6 Å². The Hall–Kier alpha value is -0.840. The highest BCUT2D eigenvalue weighted by Crippen LogP contribution is 2.05. The van der Waals surface area contributed by atoms with Gasteiger partial charge in [-0.2, -0.15) is 5.26 Å². The quantitative estimate of drug-likeness (QED) is 0.547. The molecule has 0 radical (unpaired) electrons. The molecular weight excluding hydrogens is 150 g/mol. The van der Waals surface area contributed by atoms with E-state index >= 15 is 0 Å². The fraction of sp³-hybridized carbons (Fsp3) is 0.800. The summed E-state index contributed by atoms with van der Waals surface area (Å²) in [5.41, 5.74) is 0. The van der Waals surface area contributed by atoms with E-state index in [9.17, 15) is 4.79 Å². The number of rotatable bonds is 7. The van der Waals surface area contributed by atoms with Gasteiger partial charge in [-0.05, 0) is 6.42 Å². The van der Waals surface area contributed by atoms with Crippen molar-refractivity contribution in [3.63, 3.8) is 0 Å². The zero-order valence-electron chi connectivity index (χ0n) is 7.81. The molecule has 12 heavy (non-hydrogen) atoms. The van der Waals surface area contributed by atoms with Crippen LogP contribution in [0, 0.1) is 11.3 Å². The lowest BCUT2D eigenvalue weighted by molar-refractivity contribution is -0.118. The number of hydrogen-bond donors (Lipinski definition) is 0. The molecule has 0 aliphatic carbocycles. The molecule has 0 aliphatic rings. The smallest absolute Gasteiger partial charge is 0.146 e. The van der Waals surface area contributed by atoms with Gasteiger partial charge < -0.3 is 0 Å². The molecular formula is C10H17NO. The second-order valence-electron chi connectivity index (χ2n) is 3.04. The first-order valence-electron chi connectivity index (χ1n) is 4.70. The highest BCUT2D eigenvalue weighted by molar-refractivity contribution is 5.80. The van der Waals surface area contributed by atoms with Crippen molar-refractivity contribution in [2.24, 2.45) is 0 Å². The predicted molar refractivity (Wildman–Crippen MR) is 48.6 cm³/mol. The summed E-state index contributed by atoms with van der Waals surface area (Å²) >= 11 is 0. The highest BCUT2D eigenvalue weighted by Gasteiger charge is 1.99. The molecule has 0 bridgehead atoms. The SMILES string of the molecule is CCCCCCCC(=O)CC#N. The minimum Gasteiger partial charge on any atom is -0.299 e. The molecule has 0 saturated carbocycles. The Kier molecular flexibility index (Phi) is 7.68. The molecule has 0 amide bonds. The number of Topliss-reactive ketones (excluding diaryl/α,β-unsaturated/α-hetero) is 1. The van der Waals surface area contributed by atoms with E-state index in [2.05, 4.69) is 6.92 Å². The van der Waals surface area contributed by atoms with Gasteiger partial charge in [0.1, 0.15) is 5.78 Å². The van der Waals surface area contributed by atoms with E-state index in [-0.39, 0.29) is 12.2 Å². The molecule has 0 atom stereocenters. The molecule has 0 aromatic carbocycles. The fourth-order valence-electron chi connectivity index (χ4n) is 1.10. The largest absolute Gasteiger partial charge is 0.299 e. The van der Waals surface area contributed by atoms with E-state index < -0.39 is 0 Å². The van der Waals surface area contributed by atoms with Crippen molar-refractivity contribution in [2.45, 2.75) is 51.9 Å². The third-order valence-corrected chi connectivity index (χ3v) is 1.84. The monoisotopic (exact) mass is 167 g/mol. The average Bonchev–Trinajstić information content (AvgIpc) is 2.05. The molecule has 2 nitrogen and oxygen atoms in total. The maximum Gasteiger partial charge on any atom is 0.146 e. The van der Waals surface area contributed by atoms with Crippen molar-refractivity contribution in [1.29, 1.82) is 5.26 Å². The summed E-state index contributed by atoms with van der Waals surface area (Å²) in [5, 5.41) is 8.21. The Morgan fingerprint density at radius 3 is 2.50 bits per heavy atom. The van der Waals surface area contributed by atoms with Gasteiger partial charge in [0, 0.05) is 6.42 Å². The zero-order valence-corrected chi connectivity index (χ0v) is 7.81. The molecule has 0 rings (SSSR count). The van der Waals surface area contributed by atoms with E-state index in [0.717, 1.165) is 12.8 Å². The summed E-state index contributed by atoms with van der Waals surface area (Å²) in [4.78, 5) is 10.9. The van der Waals surface area contributed by atoms with Gasteiger partial charge in [-0.25, -0.2) is 0 Å². The molecule has 0 aromatic rings. The van der Waals surface area contributed by atoms with Gasteiger partial charge >= 0.3 is 0 Å². The summed E-state index contributed by atoms with van der Waals surface area (Å²) in [6, 6.07) is 1.87. The molecule has 0 aliphatic heterocycles. The van der Waals surface area contributed by atoms with Gasteiger partial charge in [-0.3, -0.25) is 4.79 Å². The van der Waals surface area contributed by atoms with Crippen molar-refractivity contribution in [3.05, 3.63) is 0 Å². The van der Waals surface area contributed by atoms with E-state index in [4.69, 9.17) is 5.26 Å². The first-order chi connectivity index (χ1) is 5.81. The molecule has 0 fully saturated rings. The lowest BCUT2D eigenvalue weighted by Crippen LogP contribution is -1.95. The minimum absolute atomic E-state index is 0.0910. The van der Waals surface area contributed by atoms with Crippen LogP contribution in [0.5, 0.6) is 0 Å². The van der Waals surface area contributed by atoms with Crippen LogP contribution in [0.1, 0.15) is 51.9 Å². The van der Waals surface area contributed by atoms with Crippen molar-refractivity contribution in [3.8, 4) is 6.07 Å². The van der Waals surface area contributed by atoms with Crippen molar-refractivity contribution in [1.82, 2.24) is 0 Å². The Morgan fingerprint density at radius 1 is 1.25 bits per heavy atom. The van der Waals surface area contributed by atoms with Gasteiger partial charge in [0.25, 0.3) is 0 Å². The first-order valence-corrected chi connectivity index (χ1v) is 4.70. The van der Waals surface area contributed by atoms with Gasteiger partial charge in [0.2, 0.25) is 0 Å². The van der Waals surface area contributed by atoms with Crippen LogP contribution in [0.25, 0.3) is 0 Å². The molecule has 0 saturated heterocycles. The van der Waals surface area contributed by atoms with Gasteiger partial charge in [0.05, 0.1) is 12.5 Å². The number of ketones is 1. The normalized spacial score (nSPS) is 9.33. The highest BCUT2D eigenvalue weighted by atomic mass is 16.1. The summed E-state index contributed by atoms with van der Waals surface area (Å²) in [7, 11) is 0. The first kappa shape index (κ1) is 11.2. The topological polar surface area (TPSA) is 40.9 Å². The number of nitriles is 1. The van der Waals surface area contributed by atoms with E-state index in [1.165, 1.54) is 19.3 Å². The molecule has 2 heteroatoms. The third-order valence-electron chi connectivity index (χ3n) is 1.84. The van der Waals surface area contributed by atoms with Gasteiger partial charge in [0.15, 0.2) is 0 Å². The van der Waals surface area contributed by atoms with Crippen LogP contribution in [-0.4, -0.2) is 5.78 Å². The van der Waals surface area contributed by atoms with Crippen LogP contribution in [0.3, 0.4) is 0 Å². The predicted octanol–water partition coefficient (Wildman–Crippen LogP) is 2.83. The maximum absolute atomic E-state index is 10.9. The lowest BCUT2D eigenvalue weighted by Gasteiger charge is -1.97. The van der Waals surface area contributed by atoms with Crippen molar-refractivity contribution >= 4 is 5.78 Å². The van der Waals surface area contributed by atoms with E-state index in [0.29, 0.717) is 6.42 Å². The molecule has 0 N–H and O–H groups in total. The summed E-state index contributed by atoms with van der Waals surface area (Å²) in [6.07, 6.45) is 6.48. The van der Waals surface area contributed by atoms with Gasteiger partial charge in [-0.1, -0.05) is 32.6 Å². The summed E-state index contributed by atoms with van der Waals surface area (Å²) in [6.45, 7) is 2.17. The summed E-state index contributed by atoms with van der Waals surface area (Å²) in [5.74, 6) is 0.0917. The lowest BCUT2D eigenvalue weighted by atomic mass is 10.1. The van der Waals surface area contributed by atoms with Crippen LogP contribution in [0.4, 0.5) is 0 Å². The Balaban J connectivity index is 3.10. The van der Waals surface area contributed by atoms with Crippen LogP contribution >= 0.6 is 0 Å². The molecule has 0 heterocycles. The standard InChI is InChI=1S/C10H17NO/c1-2-3-4-5-6-7-10(12)8-9-11/h2-8H2,1H3. The van der Waals surface area contributed by atoms with Gasteiger partial charge in [-0.15, -0.1) is 0 Å². The number of unbranched alkanes of at least 4 members (excludes halogenated alkanes) is 4. The number of carbonyl (C=O) groups excluding carboxylic acids is 1. The third kappa shape index (κ3) is 7.27. The van der Waals surface area contributed by atoms with E-state index in [1.807, 2.05) is 6.07 Å². The fourth-order valence-corrected chi connectivity index (χ4v) is 1.10. The Bertz CT molecular complexity index is 158. The second kappa shape index (κ2) is 8.26. The maximum atomic E-state index is 10.9. The molecule has 0 spiro atoms. The van der Waals surface area contributed by atoms with Crippen LogP contribution in [-0.2, 0) is 4.79 Å². The van der Waals surface area contributed by atoms with Crippen LogP contribution in [0.15, 0.2) is 0 Å². The zero-order chi connectivity index (χ0) is 9.23. The molecule has 68 valence electrons. The Morgan fingerprint density at radius 2 is 1.92 bits per heavy atom. The number of carbonyl (C=O) groups is 1. The van der Waals surface area contributed by atoms with E-state index in [1.54, 1.807) is 0 Å². The number of hydrogen-bond acceptors (Lipinski definition) is 2. The van der Waals surface area contributed by atoms with Crippen LogP contribution < -0.4 is 0 Å².